The molecule has 1 saturated heterocycles. The highest BCUT2D eigenvalue weighted by molar-refractivity contribution is 7.07. The molecule has 0 spiro atoms. The van der Waals surface area contributed by atoms with Gasteiger partial charge in [-0.15, -0.1) is 0 Å². The highest BCUT2D eigenvalue weighted by Gasteiger charge is 2.37. The topological polar surface area (TPSA) is 40.6 Å². The molecule has 0 radical (unpaired) electrons. The minimum absolute atomic E-state index is 0.0670. The van der Waals surface area contributed by atoms with Crippen molar-refractivity contribution in [2.75, 3.05) is 13.1 Å². The second-order valence-electron chi connectivity index (χ2n) is 7.97. The molecule has 5 heteroatoms. The number of hydrogen-bond donors (Lipinski definition) is 0. The molecule has 2 aromatic rings. The van der Waals surface area contributed by atoms with Crippen molar-refractivity contribution in [3.8, 4) is 0 Å². The summed E-state index contributed by atoms with van der Waals surface area (Å²) in [7, 11) is 0. The maximum absolute atomic E-state index is 13.1. The van der Waals surface area contributed by atoms with E-state index >= 15 is 0 Å². The molecule has 1 aliphatic heterocycles. The zero-order valence-corrected chi connectivity index (χ0v) is 17.1. The van der Waals surface area contributed by atoms with E-state index in [2.05, 4.69) is 33.9 Å². The van der Waals surface area contributed by atoms with Gasteiger partial charge in [-0.3, -0.25) is 9.59 Å². The highest BCUT2D eigenvalue weighted by atomic mass is 32.1. The van der Waals surface area contributed by atoms with E-state index in [0.29, 0.717) is 31.5 Å². The van der Waals surface area contributed by atoms with Gasteiger partial charge < -0.3 is 9.80 Å². The van der Waals surface area contributed by atoms with Gasteiger partial charge >= 0.3 is 0 Å². The lowest BCUT2D eigenvalue weighted by Crippen LogP contribution is -2.44. The van der Waals surface area contributed by atoms with Crippen molar-refractivity contribution in [2.45, 2.75) is 51.1 Å². The van der Waals surface area contributed by atoms with Crippen molar-refractivity contribution in [1.82, 2.24) is 9.80 Å². The summed E-state index contributed by atoms with van der Waals surface area (Å²) in [6.07, 6.45) is 5.19. The van der Waals surface area contributed by atoms with E-state index in [-0.39, 0.29) is 11.8 Å². The number of likely N-dealkylation sites (tertiary alicyclic amines) is 1. The maximum atomic E-state index is 13.1. The molecule has 0 atom stereocenters. The van der Waals surface area contributed by atoms with Gasteiger partial charge in [0.2, 0.25) is 11.8 Å². The predicted octanol–water partition coefficient (Wildman–Crippen LogP) is 4.11. The van der Waals surface area contributed by atoms with Crippen LogP contribution in [-0.2, 0) is 22.6 Å². The summed E-state index contributed by atoms with van der Waals surface area (Å²) >= 11 is 1.69. The number of piperidine rings is 1. The lowest BCUT2D eigenvalue weighted by Gasteiger charge is -2.34. The summed E-state index contributed by atoms with van der Waals surface area (Å²) in [4.78, 5) is 29.7. The van der Waals surface area contributed by atoms with Crippen LogP contribution in [0.1, 0.15) is 43.2 Å². The third-order valence-electron chi connectivity index (χ3n) is 5.87. The fourth-order valence-corrected chi connectivity index (χ4v) is 4.68. The Morgan fingerprint density at radius 1 is 1.00 bits per heavy atom. The van der Waals surface area contributed by atoms with Gasteiger partial charge in [0, 0.05) is 38.0 Å². The van der Waals surface area contributed by atoms with Gasteiger partial charge in [0.25, 0.3) is 0 Å². The van der Waals surface area contributed by atoms with Gasteiger partial charge in [0.05, 0.1) is 0 Å². The first-order chi connectivity index (χ1) is 13.7. The third kappa shape index (κ3) is 4.82. The summed E-state index contributed by atoms with van der Waals surface area (Å²) in [5.74, 6) is 0.578. The lowest BCUT2D eigenvalue weighted by atomic mass is 9.94. The molecule has 0 unspecified atom stereocenters. The molecule has 1 aliphatic carbocycles. The molecule has 0 N–H and O–H groups in total. The summed E-state index contributed by atoms with van der Waals surface area (Å²) in [6, 6.07) is 12.7. The van der Waals surface area contributed by atoms with Crippen LogP contribution in [0.3, 0.4) is 0 Å². The first kappa shape index (κ1) is 19.2. The maximum Gasteiger partial charge on any atom is 0.226 e. The number of rotatable bonds is 7. The Labute approximate surface area is 171 Å². The molecule has 4 rings (SSSR count). The summed E-state index contributed by atoms with van der Waals surface area (Å²) < 4.78 is 0. The highest BCUT2D eigenvalue weighted by Crippen LogP contribution is 2.32. The minimum atomic E-state index is 0.0670. The molecular formula is C23H28N2O2S. The van der Waals surface area contributed by atoms with Crippen LogP contribution in [0.25, 0.3) is 0 Å². The number of thiophene rings is 1. The number of nitrogens with zero attached hydrogens (tertiary/aromatic N) is 2. The van der Waals surface area contributed by atoms with Gasteiger partial charge in [0.1, 0.15) is 0 Å². The van der Waals surface area contributed by atoms with Crippen molar-refractivity contribution in [2.24, 2.45) is 5.92 Å². The first-order valence-corrected chi connectivity index (χ1v) is 11.3. The zero-order chi connectivity index (χ0) is 19.3. The Balaban J connectivity index is 1.27. The molecular weight excluding hydrogens is 368 g/mol. The fourth-order valence-electron chi connectivity index (χ4n) is 4.02. The van der Waals surface area contributed by atoms with E-state index in [1.54, 1.807) is 11.3 Å². The number of aryl methyl sites for hydroxylation is 1. The van der Waals surface area contributed by atoms with Crippen LogP contribution in [0.2, 0.25) is 0 Å². The molecule has 4 nitrogen and oxygen atoms in total. The quantitative estimate of drug-likeness (QED) is 0.707. The van der Waals surface area contributed by atoms with Crippen LogP contribution in [0.5, 0.6) is 0 Å². The van der Waals surface area contributed by atoms with E-state index in [0.717, 1.165) is 38.6 Å². The Morgan fingerprint density at radius 2 is 1.75 bits per heavy atom. The van der Waals surface area contributed by atoms with Crippen molar-refractivity contribution >= 4 is 23.2 Å². The first-order valence-electron chi connectivity index (χ1n) is 10.3. The van der Waals surface area contributed by atoms with Crippen LogP contribution in [0.15, 0.2) is 47.2 Å². The molecule has 1 saturated carbocycles. The smallest absolute Gasteiger partial charge is 0.226 e. The van der Waals surface area contributed by atoms with Crippen LogP contribution < -0.4 is 0 Å². The summed E-state index contributed by atoms with van der Waals surface area (Å²) in [6.45, 7) is 2.16. The largest absolute Gasteiger partial charge is 0.343 e. The molecule has 1 aromatic carbocycles. The minimum Gasteiger partial charge on any atom is -0.343 e. The van der Waals surface area contributed by atoms with Gasteiger partial charge in [-0.2, -0.15) is 11.3 Å². The second kappa shape index (κ2) is 8.91. The molecule has 2 heterocycles. The van der Waals surface area contributed by atoms with E-state index < -0.39 is 0 Å². The molecule has 2 aliphatic rings. The third-order valence-corrected chi connectivity index (χ3v) is 6.60. The van der Waals surface area contributed by atoms with E-state index in [4.69, 9.17) is 0 Å². The second-order valence-corrected chi connectivity index (χ2v) is 8.75. The summed E-state index contributed by atoms with van der Waals surface area (Å²) in [5.41, 5.74) is 2.44. The number of carbonyl (C=O) groups excluding carboxylic acids is 2. The van der Waals surface area contributed by atoms with Crippen LogP contribution in [-0.4, -0.2) is 40.7 Å². The van der Waals surface area contributed by atoms with E-state index in [1.165, 1.54) is 11.1 Å². The fraction of sp³-hybridized carbons (Fsp3) is 0.478. The average molecular weight is 397 g/mol. The number of hydrogen-bond acceptors (Lipinski definition) is 3. The van der Waals surface area contributed by atoms with Crippen molar-refractivity contribution < 1.29 is 9.59 Å². The van der Waals surface area contributed by atoms with Crippen LogP contribution in [0.4, 0.5) is 0 Å². The molecule has 28 heavy (non-hydrogen) atoms. The normalized spacial score (nSPS) is 17.5. The van der Waals surface area contributed by atoms with E-state index in [9.17, 15) is 9.59 Å². The Bertz CT molecular complexity index is 778. The predicted molar refractivity (Wildman–Crippen MR) is 112 cm³/mol. The van der Waals surface area contributed by atoms with Crippen molar-refractivity contribution in [1.29, 1.82) is 0 Å². The zero-order valence-electron chi connectivity index (χ0n) is 16.3. The number of amides is 2. The van der Waals surface area contributed by atoms with Crippen molar-refractivity contribution in [3.63, 3.8) is 0 Å². The lowest BCUT2D eigenvalue weighted by molar-refractivity contribution is -0.141. The van der Waals surface area contributed by atoms with E-state index in [1.807, 2.05) is 23.1 Å². The van der Waals surface area contributed by atoms with Gasteiger partial charge in [0.15, 0.2) is 0 Å². The molecule has 1 aromatic heterocycles. The standard InChI is InChI=1S/C23H28N2O2S/c26-22(9-6-18-4-2-1-3-5-18)24-13-10-20(11-14-24)23(27)25(21-7-8-21)16-19-12-15-28-17-19/h1-5,12,15,17,20-21H,6-11,13-14,16H2. The molecule has 148 valence electrons. The SMILES string of the molecule is O=C(CCc1ccccc1)N1CCC(C(=O)N(Cc2ccsc2)C2CC2)CC1. The number of carbonyl (C=O) groups is 2. The van der Waals surface area contributed by atoms with Crippen LogP contribution >= 0.6 is 11.3 Å². The van der Waals surface area contributed by atoms with Crippen LogP contribution in [0, 0.1) is 5.92 Å². The Hall–Kier alpha value is -2.14. The Kier molecular flexibility index (Phi) is 6.10. The molecule has 0 bridgehead atoms. The molecule has 2 amide bonds. The Morgan fingerprint density at radius 3 is 2.39 bits per heavy atom. The average Bonchev–Trinajstić information content (AvgIpc) is 3.46. The summed E-state index contributed by atoms with van der Waals surface area (Å²) in [5, 5.41) is 4.21. The van der Waals surface area contributed by atoms with Gasteiger partial charge in [-0.25, -0.2) is 0 Å². The van der Waals surface area contributed by atoms with Crippen molar-refractivity contribution in [3.05, 3.63) is 58.3 Å². The van der Waals surface area contributed by atoms with Gasteiger partial charge in [-0.1, -0.05) is 30.3 Å². The molecule has 2 fully saturated rings. The monoisotopic (exact) mass is 396 g/mol. The number of benzene rings is 1. The van der Waals surface area contributed by atoms with Gasteiger partial charge in [-0.05, 0) is 60.1 Å².